The van der Waals surface area contributed by atoms with Crippen LogP contribution in [-0.2, 0) is 16.0 Å². The van der Waals surface area contributed by atoms with Gasteiger partial charge in [-0.1, -0.05) is 24.3 Å². The SMILES string of the molecule is O=C1C[C@H](Cc2ccc(C(=O)Nc3ccccc3O)cc2)C(=O)N1. The number of carbonyl (C=O) groups excluding carboxylic acids is 3. The predicted octanol–water partition coefficient (Wildman–Crippen LogP) is 1.85. The van der Waals surface area contributed by atoms with Crippen LogP contribution in [0.1, 0.15) is 22.3 Å². The highest BCUT2D eigenvalue weighted by atomic mass is 16.3. The lowest BCUT2D eigenvalue weighted by atomic mass is 9.97. The molecule has 3 N–H and O–H groups in total. The number of amides is 3. The number of rotatable bonds is 4. The molecule has 2 aromatic rings. The second kappa shape index (κ2) is 6.54. The largest absolute Gasteiger partial charge is 0.506 e. The summed E-state index contributed by atoms with van der Waals surface area (Å²) in [6.45, 7) is 0. The van der Waals surface area contributed by atoms with Gasteiger partial charge < -0.3 is 10.4 Å². The van der Waals surface area contributed by atoms with Crippen LogP contribution in [0.2, 0.25) is 0 Å². The van der Waals surface area contributed by atoms with E-state index in [0.717, 1.165) is 5.56 Å². The van der Waals surface area contributed by atoms with Gasteiger partial charge in [0.15, 0.2) is 0 Å². The van der Waals surface area contributed by atoms with Crippen LogP contribution in [0.4, 0.5) is 5.69 Å². The number of nitrogens with one attached hydrogen (secondary N) is 2. The summed E-state index contributed by atoms with van der Waals surface area (Å²) in [5, 5.41) is 14.6. The van der Waals surface area contributed by atoms with E-state index < -0.39 is 0 Å². The molecule has 6 nitrogen and oxygen atoms in total. The first-order valence-corrected chi connectivity index (χ1v) is 7.55. The topological polar surface area (TPSA) is 95.5 Å². The zero-order valence-electron chi connectivity index (χ0n) is 12.8. The van der Waals surface area contributed by atoms with Crippen molar-refractivity contribution in [2.75, 3.05) is 5.32 Å². The van der Waals surface area contributed by atoms with Crippen molar-refractivity contribution in [2.24, 2.45) is 5.92 Å². The van der Waals surface area contributed by atoms with Crippen molar-refractivity contribution >= 4 is 23.4 Å². The molecule has 3 rings (SSSR count). The Morgan fingerprint density at radius 1 is 1.12 bits per heavy atom. The second-order valence-corrected chi connectivity index (χ2v) is 5.69. The third-order valence-corrected chi connectivity index (χ3v) is 3.92. The molecule has 24 heavy (non-hydrogen) atoms. The molecule has 0 radical (unpaired) electrons. The number of aromatic hydroxyl groups is 1. The molecule has 3 amide bonds. The van der Waals surface area contributed by atoms with Crippen molar-refractivity contribution in [3.63, 3.8) is 0 Å². The van der Waals surface area contributed by atoms with E-state index in [1.807, 2.05) is 0 Å². The molecule has 0 aromatic heterocycles. The zero-order valence-corrected chi connectivity index (χ0v) is 12.8. The maximum absolute atomic E-state index is 12.2. The van der Waals surface area contributed by atoms with Crippen LogP contribution in [0.15, 0.2) is 48.5 Å². The molecule has 0 bridgehead atoms. The van der Waals surface area contributed by atoms with Gasteiger partial charge in [-0.25, -0.2) is 0 Å². The summed E-state index contributed by atoms with van der Waals surface area (Å²) in [6.07, 6.45) is 0.660. The fourth-order valence-electron chi connectivity index (χ4n) is 2.62. The average Bonchev–Trinajstić information content (AvgIpc) is 2.88. The lowest BCUT2D eigenvalue weighted by molar-refractivity contribution is -0.125. The van der Waals surface area contributed by atoms with Gasteiger partial charge in [-0.2, -0.15) is 0 Å². The van der Waals surface area contributed by atoms with Gasteiger partial charge in [0.25, 0.3) is 5.91 Å². The first-order chi connectivity index (χ1) is 11.5. The van der Waals surface area contributed by atoms with Crippen LogP contribution in [0.5, 0.6) is 5.75 Å². The van der Waals surface area contributed by atoms with E-state index in [-0.39, 0.29) is 35.8 Å². The molecule has 1 fully saturated rings. The van der Waals surface area contributed by atoms with Crippen molar-refractivity contribution in [2.45, 2.75) is 12.8 Å². The Hall–Kier alpha value is -3.15. The highest BCUT2D eigenvalue weighted by Crippen LogP contribution is 2.22. The molecule has 1 saturated heterocycles. The third-order valence-electron chi connectivity index (χ3n) is 3.92. The molecule has 0 spiro atoms. The van der Waals surface area contributed by atoms with E-state index in [9.17, 15) is 19.5 Å². The van der Waals surface area contributed by atoms with Gasteiger partial charge in [0.05, 0.1) is 11.6 Å². The van der Waals surface area contributed by atoms with E-state index in [4.69, 9.17) is 0 Å². The quantitative estimate of drug-likeness (QED) is 0.591. The first kappa shape index (κ1) is 15.7. The van der Waals surface area contributed by atoms with Gasteiger partial charge in [-0.15, -0.1) is 0 Å². The number of phenolic OH excluding ortho intramolecular Hbond substituents is 1. The van der Waals surface area contributed by atoms with Crippen LogP contribution in [0.3, 0.4) is 0 Å². The minimum atomic E-state index is -0.349. The molecule has 0 unspecified atom stereocenters. The summed E-state index contributed by atoms with van der Waals surface area (Å²) >= 11 is 0. The van der Waals surface area contributed by atoms with E-state index in [0.29, 0.717) is 17.7 Å². The monoisotopic (exact) mass is 324 g/mol. The van der Waals surface area contributed by atoms with Crippen LogP contribution >= 0.6 is 0 Å². The number of anilines is 1. The number of imide groups is 1. The number of benzene rings is 2. The molecular weight excluding hydrogens is 308 g/mol. The summed E-state index contributed by atoms with van der Waals surface area (Å²) in [7, 11) is 0. The van der Waals surface area contributed by atoms with Crippen LogP contribution < -0.4 is 10.6 Å². The Morgan fingerprint density at radius 2 is 1.83 bits per heavy atom. The van der Waals surface area contributed by atoms with Gasteiger partial charge in [-0.3, -0.25) is 19.7 Å². The molecule has 1 heterocycles. The van der Waals surface area contributed by atoms with Crippen LogP contribution in [0, 0.1) is 5.92 Å². The summed E-state index contributed by atoms with van der Waals surface area (Å²) in [4.78, 5) is 35.0. The van der Waals surface area contributed by atoms with Crippen molar-refractivity contribution in [3.8, 4) is 5.75 Å². The smallest absolute Gasteiger partial charge is 0.255 e. The standard InChI is InChI=1S/C18H16N2O4/c21-15-4-2-1-3-14(15)19-17(23)12-7-5-11(6-8-12)9-13-10-16(22)20-18(13)24/h1-8,13,21H,9-10H2,(H,19,23)(H,20,22,24)/t13-/m0/s1. The van der Waals surface area contributed by atoms with Crippen molar-refractivity contribution < 1.29 is 19.5 Å². The predicted molar refractivity (Wildman–Crippen MR) is 87.5 cm³/mol. The van der Waals surface area contributed by atoms with E-state index >= 15 is 0 Å². The minimum absolute atomic E-state index is 0.000571. The minimum Gasteiger partial charge on any atom is -0.506 e. The Morgan fingerprint density at radius 3 is 2.46 bits per heavy atom. The van der Waals surface area contributed by atoms with Crippen LogP contribution in [0.25, 0.3) is 0 Å². The molecular formula is C18H16N2O4. The van der Waals surface area contributed by atoms with Crippen LogP contribution in [-0.4, -0.2) is 22.8 Å². The van der Waals surface area contributed by atoms with E-state index in [1.54, 1.807) is 42.5 Å². The number of phenols is 1. The number of hydrogen-bond acceptors (Lipinski definition) is 4. The van der Waals surface area contributed by atoms with Gasteiger partial charge in [0.1, 0.15) is 5.75 Å². The molecule has 2 aromatic carbocycles. The summed E-state index contributed by atoms with van der Waals surface area (Å²) < 4.78 is 0. The Balaban J connectivity index is 1.66. The molecule has 0 aliphatic carbocycles. The maximum Gasteiger partial charge on any atom is 0.255 e. The third kappa shape index (κ3) is 3.43. The Bertz CT molecular complexity index is 799. The Kier molecular flexibility index (Phi) is 4.29. The van der Waals surface area contributed by atoms with Gasteiger partial charge >= 0.3 is 0 Å². The fraction of sp³-hybridized carbons (Fsp3) is 0.167. The lowest BCUT2D eigenvalue weighted by Crippen LogP contribution is -2.22. The number of hydrogen-bond donors (Lipinski definition) is 3. The highest BCUT2D eigenvalue weighted by molar-refractivity contribution is 6.05. The second-order valence-electron chi connectivity index (χ2n) is 5.69. The molecule has 122 valence electrons. The molecule has 6 heteroatoms. The van der Waals surface area contributed by atoms with Gasteiger partial charge in [0.2, 0.25) is 11.8 Å². The van der Waals surface area contributed by atoms with Crippen molar-refractivity contribution in [1.29, 1.82) is 0 Å². The van der Waals surface area contributed by atoms with Crippen molar-refractivity contribution in [1.82, 2.24) is 5.32 Å². The summed E-state index contributed by atoms with van der Waals surface area (Å²) in [5.74, 6) is -1.18. The molecule has 1 aliphatic heterocycles. The van der Waals surface area contributed by atoms with Gasteiger partial charge in [0, 0.05) is 12.0 Å². The van der Waals surface area contributed by atoms with E-state index in [2.05, 4.69) is 10.6 Å². The number of carbonyl (C=O) groups is 3. The highest BCUT2D eigenvalue weighted by Gasteiger charge is 2.30. The number of para-hydroxylation sites is 2. The lowest BCUT2D eigenvalue weighted by Gasteiger charge is -2.09. The summed E-state index contributed by atoms with van der Waals surface area (Å²) in [6, 6.07) is 13.3. The van der Waals surface area contributed by atoms with Gasteiger partial charge in [-0.05, 0) is 36.2 Å². The average molecular weight is 324 g/mol. The van der Waals surface area contributed by atoms with E-state index in [1.165, 1.54) is 6.07 Å². The maximum atomic E-state index is 12.2. The summed E-state index contributed by atoms with van der Waals surface area (Å²) in [5.41, 5.74) is 1.66. The normalized spacial score (nSPS) is 16.8. The first-order valence-electron chi connectivity index (χ1n) is 7.55. The molecule has 1 atom stereocenters. The fourth-order valence-corrected chi connectivity index (χ4v) is 2.62. The Labute approximate surface area is 138 Å². The zero-order chi connectivity index (χ0) is 17.1. The molecule has 0 saturated carbocycles. The molecule has 1 aliphatic rings. The van der Waals surface area contributed by atoms with Crippen molar-refractivity contribution in [3.05, 3.63) is 59.7 Å².